The fourth-order valence-corrected chi connectivity index (χ4v) is 2.09. The summed E-state index contributed by atoms with van der Waals surface area (Å²) in [6.45, 7) is 6.80. The first kappa shape index (κ1) is 11.5. The third-order valence-corrected chi connectivity index (χ3v) is 3.81. The van der Waals surface area contributed by atoms with Gasteiger partial charge in [-0.3, -0.25) is 0 Å². The lowest BCUT2D eigenvalue weighted by molar-refractivity contribution is -0.108. The van der Waals surface area contributed by atoms with Gasteiger partial charge < -0.3 is 4.79 Å². The summed E-state index contributed by atoms with van der Waals surface area (Å²) >= 11 is 0. The van der Waals surface area contributed by atoms with Crippen LogP contribution in [0.1, 0.15) is 52.9 Å². The average Bonchev–Trinajstić information content (AvgIpc) is 2.19. The Morgan fingerprint density at radius 1 is 1.64 bits per heavy atom. The highest BCUT2D eigenvalue weighted by atomic mass is 16.1. The van der Waals surface area contributed by atoms with Crippen LogP contribution >= 0.6 is 0 Å². The molecule has 2 atom stereocenters. The lowest BCUT2D eigenvalue weighted by atomic mass is 9.72. The smallest absolute Gasteiger partial charge is 0.120 e. The number of hydrogen-bond donors (Lipinski definition) is 0. The maximum atomic E-state index is 10.4. The molecular formula is C13H22O. The standard InChI is InChI=1S/C13H22O/c1-4-13(3)8-5-12(6-9-13)11(2)7-10-14/h5,10-11H,4,6-9H2,1-3H3. The Labute approximate surface area is 87.6 Å². The van der Waals surface area contributed by atoms with Crippen LogP contribution in [0.2, 0.25) is 0 Å². The van der Waals surface area contributed by atoms with E-state index in [1.54, 1.807) is 0 Å². The first-order valence-corrected chi connectivity index (χ1v) is 5.74. The second-order valence-electron chi connectivity index (χ2n) is 4.95. The number of rotatable bonds is 4. The van der Waals surface area contributed by atoms with Crippen LogP contribution in [0.5, 0.6) is 0 Å². The van der Waals surface area contributed by atoms with Crippen LogP contribution in [0.25, 0.3) is 0 Å². The van der Waals surface area contributed by atoms with Gasteiger partial charge in [-0.05, 0) is 30.6 Å². The van der Waals surface area contributed by atoms with Gasteiger partial charge in [0.15, 0.2) is 0 Å². The summed E-state index contributed by atoms with van der Waals surface area (Å²) in [5.41, 5.74) is 2.02. The third-order valence-electron chi connectivity index (χ3n) is 3.81. The molecule has 14 heavy (non-hydrogen) atoms. The van der Waals surface area contributed by atoms with Gasteiger partial charge in [0.05, 0.1) is 0 Å². The van der Waals surface area contributed by atoms with Crippen molar-refractivity contribution in [2.45, 2.75) is 52.9 Å². The molecule has 1 nitrogen and oxygen atoms in total. The molecule has 0 saturated heterocycles. The molecule has 0 fully saturated rings. The second kappa shape index (κ2) is 4.77. The van der Waals surface area contributed by atoms with Crippen LogP contribution in [-0.2, 0) is 4.79 Å². The lowest BCUT2D eigenvalue weighted by Crippen LogP contribution is -2.19. The molecule has 0 saturated carbocycles. The molecule has 80 valence electrons. The van der Waals surface area contributed by atoms with Crippen LogP contribution in [0, 0.1) is 11.3 Å². The zero-order valence-electron chi connectivity index (χ0n) is 9.68. The molecule has 0 radical (unpaired) electrons. The largest absolute Gasteiger partial charge is 0.303 e. The van der Waals surface area contributed by atoms with E-state index in [2.05, 4.69) is 26.8 Å². The molecule has 0 aliphatic heterocycles. The molecule has 0 aromatic carbocycles. The van der Waals surface area contributed by atoms with Crippen molar-refractivity contribution in [3.63, 3.8) is 0 Å². The zero-order chi connectivity index (χ0) is 10.6. The average molecular weight is 194 g/mol. The monoisotopic (exact) mass is 194 g/mol. The van der Waals surface area contributed by atoms with Gasteiger partial charge in [-0.25, -0.2) is 0 Å². The Morgan fingerprint density at radius 3 is 2.79 bits per heavy atom. The van der Waals surface area contributed by atoms with Crippen LogP contribution in [0.4, 0.5) is 0 Å². The molecule has 2 unspecified atom stereocenters. The fourth-order valence-electron chi connectivity index (χ4n) is 2.09. The minimum Gasteiger partial charge on any atom is -0.303 e. The SMILES string of the molecule is CCC1(C)CC=C(C(C)CC=O)CC1. The Morgan fingerprint density at radius 2 is 2.36 bits per heavy atom. The predicted octanol–water partition coefficient (Wildman–Crippen LogP) is 3.74. The lowest BCUT2D eigenvalue weighted by Gasteiger charge is -2.33. The van der Waals surface area contributed by atoms with Gasteiger partial charge in [0, 0.05) is 6.42 Å². The number of carbonyl (C=O) groups is 1. The summed E-state index contributed by atoms with van der Waals surface area (Å²) in [4.78, 5) is 10.4. The van der Waals surface area contributed by atoms with E-state index in [9.17, 15) is 4.79 Å². The van der Waals surface area contributed by atoms with Gasteiger partial charge >= 0.3 is 0 Å². The van der Waals surface area contributed by atoms with Gasteiger partial charge in [-0.15, -0.1) is 0 Å². The molecule has 0 amide bonds. The third kappa shape index (κ3) is 2.70. The number of hydrogen-bond acceptors (Lipinski definition) is 1. The molecule has 0 bridgehead atoms. The quantitative estimate of drug-likeness (QED) is 0.492. The number of aldehydes is 1. The molecule has 0 aromatic rings. The van der Waals surface area contributed by atoms with E-state index in [0.717, 1.165) is 6.29 Å². The highest BCUT2D eigenvalue weighted by Crippen LogP contribution is 2.39. The predicted molar refractivity (Wildman–Crippen MR) is 60.2 cm³/mol. The van der Waals surface area contributed by atoms with E-state index in [4.69, 9.17) is 0 Å². The Hall–Kier alpha value is -0.590. The van der Waals surface area contributed by atoms with Crippen molar-refractivity contribution in [2.24, 2.45) is 11.3 Å². The maximum Gasteiger partial charge on any atom is 0.120 e. The van der Waals surface area contributed by atoms with Gasteiger partial charge in [-0.1, -0.05) is 38.8 Å². The Bertz CT molecular complexity index is 229. The van der Waals surface area contributed by atoms with E-state index >= 15 is 0 Å². The molecule has 0 heterocycles. The van der Waals surface area contributed by atoms with Crippen LogP contribution < -0.4 is 0 Å². The van der Waals surface area contributed by atoms with Crippen LogP contribution in [0.15, 0.2) is 11.6 Å². The second-order valence-corrected chi connectivity index (χ2v) is 4.95. The molecular weight excluding hydrogens is 172 g/mol. The van der Waals surface area contributed by atoms with E-state index in [0.29, 0.717) is 17.8 Å². The molecule has 0 N–H and O–H groups in total. The Balaban J connectivity index is 2.56. The van der Waals surface area contributed by atoms with Crippen molar-refractivity contribution >= 4 is 6.29 Å². The van der Waals surface area contributed by atoms with E-state index in [1.165, 1.54) is 31.3 Å². The topological polar surface area (TPSA) is 17.1 Å². The van der Waals surface area contributed by atoms with Gasteiger partial charge in [0.25, 0.3) is 0 Å². The minimum absolute atomic E-state index is 0.467. The summed E-state index contributed by atoms with van der Waals surface area (Å²) in [6.07, 6.45) is 9.05. The number of allylic oxidation sites excluding steroid dienone is 2. The molecule has 1 aliphatic rings. The van der Waals surface area contributed by atoms with Crippen molar-refractivity contribution < 1.29 is 4.79 Å². The van der Waals surface area contributed by atoms with Gasteiger partial charge in [-0.2, -0.15) is 0 Å². The molecule has 1 heteroatoms. The fraction of sp³-hybridized carbons (Fsp3) is 0.769. The first-order chi connectivity index (χ1) is 6.61. The van der Waals surface area contributed by atoms with E-state index < -0.39 is 0 Å². The molecule has 1 rings (SSSR count). The van der Waals surface area contributed by atoms with E-state index in [-0.39, 0.29) is 0 Å². The normalized spacial score (nSPS) is 29.5. The zero-order valence-corrected chi connectivity index (χ0v) is 9.68. The van der Waals surface area contributed by atoms with Crippen LogP contribution in [-0.4, -0.2) is 6.29 Å². The molecule has 1 aliphatic carbocycles. The summed E-state index contributed by atoms with van der Waals surface area (Å²) in [6, 6.07) is 0. The summed E-state index contributed by atoms with van der Waals surface area (Å²) in [5.74, 6) is 0.467. The first-order valence-electron chi connectivity index (χ1n) is 5.74. The van der Waals surface area contributed by atoms with E-state index in [1.807, 2.05) is 0 Å². The van der Waals surface area contributed by atoms with Crippen LogP contribution in [0.3, 0.4) is 0 Å². The summed E-state index contributed by atoms with van der Waals surface area (Å²) in [7, 11) is 0. The van der Waals surface area contributed by atoms with Crippen molar-refractivity contribution in [3.05, 3.63) is 11.6 Å². The molecule has 0 spiro atoms. The van der Waals surface area contributed by atoms with Gasteiger partial charge in [0.2, 0.25) is 0 Å². The highest BCUT2D eigenvalue weighted by Gasteiger charge is 2.25. The van der Waals surface area contributed by atoms with Crippen molar-refractivity contribution in [3.8, 4) is 0 Å². The van der Waals surface area contributed by atoms with Gasteiger partial charge in [0.1, 0.15) is 6.29 Å². The van der Waals surface area contributed by atoms with Crippen molar-refractivity contribution in [1.29, 1.82) is 0 Å². The summed E-state index contributed by atoms with van der Waals surface area (Å²) in [5, 5.41) is 0. The Kier molecular flexibility index (Phi) is 3.91. The maximum absolute atomic E-state index is 10.4. The number of carbonyl (C=O) groups excluding carboxylic acids is 1. The molecule has 0 aromatic heterocycles. The van der Waals surface area contributed by atoms with Crippen molar-refractivity contribution in [1.82, 2.24) is 0 Å². The summed E-state index contributed by atoms with van der Waals surface area (Å²) < 4.78 is 0. The minimum atomic E-state index is 0.467. The highest BCUT2D eigenvalue weighted by molar-refractivity contribution is 5.50. The van der Waals surface area contributed by atoms with Crippen molar-refractivity contribution in [2.75, 3.05) is 0 Å².